The van der Waals surface area contributed by atoms with E-state index in [1.165, 1.54) is 55.2 Å². The molecule has 1 saturated carbocycles. The summed E-state index contributed by atoms with van der Waals surface area (Å²) >= 11 is 0. The lowest BCUT2D eigenvalue weighted by atomic mass is 9.86. The zero-order chi connectivity index (χ0) is 10.3. The summed E-state index contributed by atoms with van der Waals surface area (Å²) in [6.07, 6.45) is 7.69. The van der Waals surface area contributed by atoms with Gasteiger partial charge in [-0.15, -0.1) is 0 Å². The maximum absolute atomic E-state index is 7.25. The summed E-state index contributed by atoms with van der Waals surface area (Å²) in [5.74, 6) is 0.724. The van der Waals surface area contributed by atoms with Crippen LogP contribution in [0.15, 0.2) is 12.1 Å². The Morgan fingerprint density at radius 1 is 1.13 bits per heavy atom. The highest BCUT2D eigenvalue weighted by molar-refractivity contribution is 5.61. The molecular weight excluding hydrogens is 182 g/mol. The van der Waals surface area contributed by atoms with Gasteiger partial charge in [-0.25, -0.2) is 4.85 Å². The van der Waals surface area contributed by atoms with Crippen molar-refractivity contribution in [1.29, 1.82) is 0 Å². The summed E-state index contributed by atoms with van der Waals surface area (Å²) < 4.78 is 0. The van der Waals surface area contributed by atoms with Crippen LogP contribution in [0.3, 0.4) is 0 Å². The van der Waals surface area contributed by atoms with E-state index >= 15 is 0 Å². The fourth-order valence-corrected chi connectivity index (χ4v) is 2.77. The standard InChI is InChI=1S/C14H15N/c1-15-13-9-8-10-4-2-3-5-12(10)14(13)11-6-7-11/h8-9,11H,2-7H2. The van der Waals surface area contributed by atoms with Crippen LogP contribution in [-0.4, -0.2) is 0 Å². The van der Waals surface area contributed by atoms with Crippen molar-refractivity contribution in [2.45, 2.75) is 44.4 Å². The average molecular weight is 197 g/mol. The first kappa shape index (κ1) is 8.97. The van der Waals surface area contributed by atoms with E-state index < -0.39 is 0 Å². The van der Waals surface area contributed by atoms with Gasteiger partial charge in [-0.2, -0.15) is 0 Å². The number of rotatable bonds is 1. The number of benzene rings is 1. The van der Waals surface area contributed by atoms with E-state index in [0.717, 1.165) is 11.6 Å². The number of nitrogens with zero attached hydrogens (tertiary/aromatic N) is 1. The van der Waals surface area contributed by atoms with Crippen LogP contribution in [0, 0.1) is 6.57 Å². The van der Waals surface area contributed by atoms with Gasteiger partial charge in [0.1, 0.15) is 0 Å². The van der Waals surface area contributed by atoms with Crippen molar-refractivity contribution >= 4 is 5.69 Å². The topological polar surface area (TPSA) is 4.36 Å². The summed E-state index contributed by atoms with van der Waals surface area (Å²) in [6, 6.07) is 4.23. The highest BCUT2D eigenvalue weighted by Crippen LogP contribution is 2.48. The lowest BCUT2D eigenvalue weighted by Crippen LogP contribution is -2.05. The molecule has 0 radical (unpaired) electrons. The average Bonchev–Trinajstić information content (AvgIpc) is 3.11. The van der Waals surface area contributed by atoms with Gasteiger partial charge in [0.2, 0.25) is 0 Å². The predicted octanol–water partition coefficient (Wildman–Crippen LogP) is 3.99. The van der Waals surface area contributed by atoms with E-state index in [0.29, 0.717) is 0 Å². The van der Waals surface area contributed by atoms with Gasteiger partial charge >= 0.3 is 0 Å². The molecule has 15 heavy (non-hydrogen) atoms. The first-order valence-electron chi connectivity index (χ1n) is 5.92. The Balaban J connectivity index is 2.17. The summed E-state index contributed by atoms with van der Waals surface area (Å²) in [4.78, 5) is 3.69. The van der Waals surface area contributed by atoms with Gasteiger partial charge in [0.05, 0.1) is 6.57 Å². The third kappa shape index (κ3) is 1.45. The van der Waals surface area contributed by atoms with Crippen molar-refractivity contribution in [2.24, 2.45) is 0 Å². The van der Waals surface area contributed by atoms with E-state index in [1.807, 2.05) is 6.07 Å². The van der Waals surface area contributed by atoms with Crippen molar-refractivity contribution < 1.29 is 0 Å². The Kier molecular flexibility index (Phi) is 2.02. The second-order valence-electron chi connectivity index (χ2n) is 4.73. The third-order valence-electron chi connectivity index (χ3n) is 3.66. The monoisotopic (exact) mass is 197 g/mol. The molecule has 1 fully saturated rings. The first-order valence-corrected chi connectivity index (χ1v) is 5.92. The van der Waals surface area contributed by atoms with E-state index in [1.54, 1.807) is 0 Å². The van der Waals surface area contributed by atoms with Crippen molar-refractivity contribution in [2.75, 3.05) is 0 Å². The minimum atomic E-state index is 0.724. The molecule has 1 nitrogen and oxygen atoms in total. The molecule has 0 heterocycles. The molecule has 1 heteroatoms. The van der Waals surface area contributed by atoms with Crippen molar-refractivity contribution in [3.63, 3.8) is 0 Å². The van der Waals surface area contributed by atoms with Crippen LogP contribution >= 0.6 is 0 Å². The Bertz CT molecular complexity index is 435. The number of aryl methyl sites for hydroxylation is 1. The lowest BCUT2D eigenvalue weighted by molar-refractivity contribution is 0.679. The predicted molar refractivity (Wildman–Crippen MR) is 61.3 cm³/mol. The molecule has 2 aliphatic rings. The summed E-state index contributed by atoms with van der Waals surface area (Å²) in [7, 11) is 0. The van der Waals surface area contributed by atoms with Gasteiger partial charge in [0.25, 0.3) is 0 Å². The Morgan fingerprint density at radius 2 is 1.93 bits per heavy atom. The molecule has 0 N–H and O–H groups in total. The van der Waals surface area contributed by atoms with Gasteiger partial charge < -0.3 is 0 Å². The van der Waals surface area contributed by atoms with Gasteiger partial charge in [-0.1, -0.05) is 17.7 Å². The minimum absolute atomic E-state index is 0.724. The molecule has 1 aromatic rings. The lowest BCUT2D eigenvalue weighted by Gasteiger charge is -2.20. The van der Waals surface area contributed by atoms with Crippen LogP contribution in [0.2, 0.25) is 0 Å². The highest BCUT2D eigenvalue weighted by atomic mass is 14.7. The molecule has 1 aromatic carbocycles. The molecule has 0 bridgehead atoms. The van der Waals surface area contributed by atoms with E-state index in [4.69, 9.17) is 6.57 Å². The second kappa shape index (κ2) is 3.38. The van der Waals surface area contributed by atoms with E-state index in [-0.39, 0.29) is 0 Å². The van der Waals surface area contributed by atoms with Gasteiger partial charge in [-0.05, 0) is 55.6 Å². The van der Waals surface area contributed by atoms with Crippen LogP contribution in [-0.2, 0) is 12.8 Å². The van der Waals surface area contributed by atoms with Gasteiger partial charge in [0, 0.05) is 0 Å². The van der Waals surface area contributed by atoms with Crippen LogP contribution in [0.1, 0.15) is 48.3 Å². The van der Waals surface area contributed by atoms with Crippen molar-refractivity contribution in [3.05, 3.63) is 40.2 Å². The molecule has 0 unspecified atom stereocenters. The summed E-state index contributed by atoms with van der Waals surface area (Å²) in [6.45, 7) is 7.25. The third-order valence-corrected chi connectivity index (χ3v) is 3.66. The van der Waals surface area contributed by atoms with Crippen molar-refractivity contribution in [3.8, 4) is 0 Å². The maximum Gasteiger partial charge on any atom is 0.190 e. The molecule has 0 aliphatic heterocycles. The molecule has 76 valence electrons. The Labute approximate surface area is 90.9 Å². The summed E-state index contributed by atoms with van der Waals surface area (Å²) in [5, 5.41) is 0. The number of fused-ring (bicyclic) bond motifs is 1. The van der Waals surface area contributed by atoms with E-state index in [9.17, 15) is 0 Å². The smallest absolute Gasteiger partial charge is 0.190 e. The summed E-state index contributed by atoms with van der Waals surface area (Å²) in [5.41, 5.74) is 5.41. The Hall–Kier alpha value is -1.29. The first-order chi connectivity index (χ1) is 7.40. The maximum atomic E-state index is 7.25. The number of hydrogen-bond donors (Lipinski definition) is 0. The van der Waals surface area contributed by atoms with E-state index in [2.05, 4.69) is 10.9 Å². The Morgan fingerprint density at radius 3 is 2.67 bits per heavy atom. The van der Waals surface area contributed by atoms with Gasteiger partial charge in [0.15, 0.2) is 5.69 Å². The molecule has 2 aliphatic carbocycles. The molecule has 0 amide bonds. The number of hydrogen-bond acceptors (Lipinski definition) is 0. The SMILES string of the molecule is [C-]#[N+]c1ccc2c(c1C1CC1)CCCC2. The molecule has 0 aromatic heterocycles. The van der Waals surface area contributed by atoms with Crippen LogP contribution < -0.4 is 0 Å². The highest BCUT2D eigenvalue weighted by Gasteiger charge is 2.30. The van der Waals surface area contributed by atoms with Crippen LogP contribution in [0.5, 0.6) is 0 Å². The van der Waals surface area contributed by atoms with Crippen molar-refractivity contribution in [1.82, 2.24) is 0 Å². The zero-order valence-electron chi connectivity index (χ0n) is 8.92. The van der Waals surface area contributed by atoms with Crippen LogP contribution in [0.25, 0.3) is 4.85 Å². The molecular formula is C14H15N. The molecule has 3 rings (SSSR count). The fourth-order valence-electron chi connectivity index (χ4n) is 2.77. The van der Waals surface area contributed by atoms with Crippen LogP contribution in [0.4, 0.5) is 5.69 Å². The molecule has 0 saturated heterocycles. The fraction of sp³-hybridized carbons (Fsp3) is 0.500. The largest absolute Gasteiger partial charge is 0.238 e. The minimum Gasteiger partial charge on any atom is -0.238 e. The quantitative estimate of drug-likeness (QED) is 0.599. The molecule has 0 spiro atoms. The normalized spacial score (nSPS) is 19.4. The zero-order valence-corrected chi connectivity index (χ0v) is 8.92. The van der Waals surface area contributed by atoms with Gasteiger partial charge in [-0.3, -0.25) is 0 Å². The molecule has 0 atom stereocenters. The second-order valence-corrected chi connectivity index (χ2v) is 4.73.